The molecule has 0 radical (unpaired) electrons. The zero-order valence-electron chi connectivity index (χ0n) is 8.53. The molecule has 1 saturated carbocycles. The topological polar surface area (TPSA) is 37.3 Å². The second kappa shape index (κ2) is 3.63. The summed E-state index contributed by atoms with van der Waals surface area (Å²) in [6.07, 6.45) is 1.75. The molecule has 1 N–H and O–H groups in total. The molecule has 3 heteroatoms. The van der Waals surface area contributed by atoms with Gasteiger partial charge in [-0.1, -0.05) is 35.0 Å². The van der Waals surface area contributed by atoms with Gasteiger partial charge in [-0.3, -0.25) is 4.79 Å². The maximum Gasteiger partial charge on any atom is 0.314 e. The standard InChI is InChI=1S/C12H13BrO2/c1-8-5-6-12(8,11(14)15)9-3-2-4-10(13)7-9/h2-4,7-8H,5-6H2,1H3,(H,14,15). The van der Waals surface area contributed by atoms with Gasteiger partial charge in [0, 0.05) is 4.47 Å². The minimum Gasteiger partial charge on any atom is -0.481 e. The van der Waals surface area contributed by atoms with Crippen LogP contribution in [0.2, 0.25) is 0 Å². The molecule has 1 fully saturated rings. The normalized spacial score (nSPS) is 29.6. The Morgan fingerprint density at radius 2 is 2.33 bits per heavy atom. The summed E-state index contributed by atoms with van der Waals surface area (Å²) in [4.78, 5) is 11.4. The largest absolute Gasteiger partial charge is 0.481 e. The van der Waals surface area contributed by atoms with Gasteiger partial charge in [0.15, 0.2) is 0 Å². The predicted octanol–water partition coefficient (Wildman–Crippen LogP) is 3.20. The minimum atomic E-state index is -0.695. The third-order valence-corrected chi connectivity index (χ3v) is 4.03. The molecule has 2 nitrogen and oxygen atoms in total. The number of benzene rings is 1. The lowest BCUT2D eigenvalue weighted by atomic mass is 9.57. The van der Waals surface area contributed by atoms with Crippen molar-refractivity contribution < 1.29 is 9.90 Å². The Balaban J connectivity index is 2.47. The maximum atomic E-state index is 11.4. The summed E-state index contributed by atoms with van der Waals surface area (Å²) in [5.74, 6) is -0.469. The van der Waals surface area contributed by atoms with Gasteiger partial charge in [-0.25, -0.2) is 0 Å². The van der Waals surface area contributed by atoms with E-state index < -0.39 is 11.4 Å². The fourth-order valence-electron chi connectivity index (χ4n) is 2.36. The second-order valence-corrected chi connectivity index (χ2v) is 5.14. The van der Waals surface area contributed by atoms with Crippen molar-refractivity contribution in [2.24, 2.45) is 5.92 Å². The smallest absolute Gasteiger partial charge is 0.314 e. The Labute approximate surface area is 97.4 Å². The van der Waals surface area contributed by atoms with Crippen molar-refractivity contribution in [3.05, 3.63) is 34.3 Å². The van der Waals surface area contributed by atoms with Gasteiger partial charge in [-0.05, 0) is 36.5 Å². The summed E-state index contributed by atoms with van der Waals surface area (Å²) in [7, 11) is 0. The van der Waals surface area contributed by atoms with Crippen LogP contribution in [0.3, 0.4) is 0 Å². The SMILES string of the molecule is CC1CCC1(C(=O)O)c1cccc(Br)c1. The van der Waals surface area contributed by atoms with Crippen molar-refractivity contribution in [2.45, 2.75) is 25.2 Å². The van der Waals surface area contributed by atoms with Gasteiger partial charge >= 0.3 is 5.97 Å². The number of halogens is 1. The molecule has 1 aliphatic carbocycles. The second-order valence-electron chi connectivity index (χ2n) is 4.23. The summed E-state index contributed by atoms with van der Waals surface area (Å²) in [5.41, 5.74) is 0.271. The Morgan fingerprint density at radius 3 is 2.73 bits per heavy atom. The molecule has 15 heavy (non-hydrogen) atoms. The van der Waals surface area contributed by atoms with E-state index in [1.54, 1.807) is 0 Å². The lowest BCUT2D eigenvalue weighted by molar-refractivity contribution is -0.151. The molecule has 0 aromatic heterocycles. The first-order chi connectivity index (χ1) is 7.07. The zero-order valence-corrected chi connectivity index (χ0v) is 10.1. The molecule has 0 saturated heterocycles. The van der Waals surface area contributed by atoms with Crippen molar-refractivity contribution in [3.8, 4) is 0 Å². The first-order valence-electron chi connectivity index (χ1n) is 5.07. The first-order valence-corrected chi connectivity index (χ1v) is 5.86. The van der Waals surface area contributed by atoms with Gasteiger partial charge in [0.05, 0.1) is 5.41 Å². The fourth-order valence-corrected chi connectivity index (χ4v) is 2.76. The number of carboxylic acid groups (broad SMARTS) is 1. The van der Waals surface area contributed by atoms with E-state index in [4.69, 9.17) is 0 Å². The number of carbonyl (C=O) groups is 1. The van der Waals surface area contributed by atoms with Crippen LogP contribution in [0.5, 0.6) is 0 Å². The van der Waals surface area contributed by atoms with Crippen molar-refractivity contribution in [1.29, 1.82) is 0 Å². The maximum absolute atomic E-state index is 11.4. The molecule has 2 atom stereocenters. The molecule has 0 spiro atoms. The van der Waals surface area contributed by atoms with E-state index in [1.165, 1.54) is 0 Å². The van der Waals surface area contributed by atoms with Crippen LogP contribution in [0.25, 0.3) is 0 Å². The molecule has 2 unspecified atom stereocenters. The van der Waals surface area contributed by atoms with E-state index in [0.717, 1.165) is 22.9 Å². The summed E-state index contributed by atoms with van der Waals surface area (Å²) in [6.45, 7) is 2.01. The van der Waals surface area contributed by atoms with E-state index in [-0.39, 0.29) is 5.92 Å². The molecule has 0 aliphatic heterocycles. The number of carboxylic acids is 1. The average Bonchev–Trinajstić information content (AvgIpc) is 2.16. The molecule has 2 rings (SSSR count). The molecule has 80 valence electrons. The van der Waals surface area contributed by atoms with Crippen molar-refractivity contribution in [2.75, 3.05) is 0 Å². The number of aliphatic carboxylic acids is 1. The van der Waals surface area contributed by atoms with E-state index in [9.17, 15) is 9.90 Å². The third-order valence-electron chi connectivity index (χ3n) is 3.53. The summed E-state index contributed by atoms with van der Waals surface area (Å²) in [5, 5.41) is 9.38. The van der Waals surface area contributed by atoms with Gasteiger partial charge in [-0.15, -0.1) is 0 Å². The highest BCUT2D eigenvalue weighted by Gasteiger charge is 2.51. The Bertz CT molecular complexity index is 402. The van der Waals surface area contributed by atoms with Crippen molar-refractivity contribution in [1.82, 2.24) is 0 Å². The molecule has 0 bridgehead atoms. The van der Waals surface area contributed by atoms with Crippen LogP contribution in [0.4, 0.5) is 0 Å². The van der Waals surface area contributed by atoms with Gasteiger partial charge in [0.2, 0.25) is 0 Å². The van der Waals surface area contributed by atoms with Gasteiger partial charge < -0.3 is 5.11 Å². The van der Waals surface area contributed by atoms with E-state index in [0.29, 0.717) is 0 Å². The van der Waals surface area contributed by atoms with E-state index in [2.05, 4.69) is 15.9 Å². The highest BCUT2D eigenvalue weighted by atomic mass is 79.9. The first kappa shape index (κ1) is 10.7. The van der Waals surface area contributed by atoms with Crippen LogP contribution in [0, 0.1) is 5.92 Å². The van der Waals surface area contributed by atoms with Crippen LogP contribution in [0.15, 0.2) is 28.7 Å². The highest BCUT2D eigenvalue weighted by Crippen LogP contribution is 2.49. The Morgan fingerprint density at radius 1 is 1.60 bits per heavy atom. The fraction of sp³-hybridized carbons (Fsp3) is 0.417. The van der Waals surface area contributed by atoms with E-state index >= 15 is 0 Å². The molecule has 1 aliphatic rings. The lowest BCUT2D eigenvalue weighted by Crippen LogP contribution is -2.49. The Kier molecular flexibility index (Phi) is 2.59. The summed E-state index contributed by atoms with van der Waals surface area (Å²) < 4.78 is 0.944. The lowest BCUT2D eigenvalue weighted by Gasteiger charge is -2.44. The molecule has 1 aromatic carbocycles. The van der Waals surface area contributed by atoms with Crippen LogP contribution in [-0.2, 0) is 10.2 Å². The number of rotatable bonds is 2. The van der Waals surface area contributed by atoms with Gasteiger partial charge in [-0.2, -0.15) is 0 Å². The van der Waals surface area contributed by atoms with Gasteiger partial charge in [0.25, 0.3) is 0 Å². The highest BCUT2D eigenvalue weighted by molar-refractivity contribution is 9.10. The summed E-state index contributed by atoms with van der Waals surface area (Å²) in [6, 6.07) is 7.65. The Hall–Kier alpha value is -0.830. The molecular weight excluding hydrogens is 256 g/mol. The third kappa shape index (κ3) is 1.49. The minimum absolute atomic E-state index is 0.226. The number of hydrogen-bond acceptors (Lipinski definition) is 1. The zero-order chi connectivity index (χ0) is 11.1. The van der Waals surface area contributed by atoms with E-state index in [1.807, 2.05) is 31.2 Å². The summed E-state index contributed by atoms with van der Waals surface area (Å²) >= 11 is 3.38. The van der Waals surface area contributed by atoms with Crippen molar-refractivity contribution in [3.63, 3.8) is 0 Å². The monoisotopic (exact) mass is 268 g/mol. The van der Waals surface area contributed by atoms with Crippen LogP contribution in [-0.4, -0.2) is 11.1 Å². The number of hydrogen-bond donors (Lipinski definition) is 1. The average molecular weight is 269 g/mol. The molecule has 1 aromatic rings. The predicted molar refractivity (Wildman–Crippen MR) is 61.9 cm³/mol. The van der Waals surface area contributed by atoms with Crippen LogP contribution >= 0.6 is 15.9 Å². The molecule has 0 heterocycles. The van der Waals surface area contributed by atoms with Crippen LogP contribution < -0.4 is 0 Å². The molecular formula is C12H13BrO2. The molecule has 0 amide bonds. The van der Waals surface area contributed by atoms with Crippen LogP contribution in [0.1, 0.15) is 25.3 Å². The van der Waals surface area contributed by atoms with Crippen molar-refractivity contribution >= 4 is 21.9 Å². The van der Waals surface area contributed by atoms with Gasteiger partial charge in [0.1, 0.15) is 0 Å². The quantitative estimate of drug-likeness (QED) is 0.895.